The van der Waals surface area contributed by atoms with Crippen molar-refractivity contribution < 1.29 is 24.2 Å². The summed E-state index contributed by atoms with van der Waals surface area (Å²) in [7, 11) is 0. The molecule has 3 aliphatic rings. The number of hydrogen-bond acceptors (Lipinski definition) is 6. The number of allylic oxidation sites excluding steroid dienone is 2. The van der Waals surface area contributed by atoms with E-state index in [0.717, 1.165) is 0 Å². The monoisotopic (exact) mass is 239 g/mol. The van der Waals surface area contributed by atoms with Gasteiger partial charge in [0.2, 0.25) is 11.6 Å². The molecule has 2 saturated heterocycles. The minimum Gasteiger partial charge on any atom is -0.410 e. The highest BCUT2D eigenvalue weighted by Crippen LogP contribution is 2.41. The van der Waals surface area contributed by atoms with Crippen molar-refractivity contribution in [2.45, 2.75) is 11.6 Å². The fourth-order valence-corrected chi connectivity index (χ4v) is 2.20. The third kappa shape index (κ3) is 1.53. The molecule has 17 heavy (non-hydrogen) atoms. The van der Waals surface area contributed by atoms with Crippen LogP contribution in [0.3, 0.4) is 0 Å². The first-order valence-corrected chi connectivity index (χ1v) is 5.47. The molecule has 2 spiro atoms. The highest BCUT2D eigenvalue weighted by Gasteiger charge is 2.58. The second kappa shape index (κ2) is 3.92. The van der Waals surface area contributed by atoms with Crippen molar-refractivity contribution >= 4 is 5.71 Å². The highest BCUT2D eigenvalue weighted by molar-refractivity contribution is 6.04. The third-order valence-electron chi connectivity index (χ3n) is 2.98. The lowest BCUT2D eigenvalue weighted by molar-refractivity contribution is -0.298. The van der Waals surface area contributed by atoms with Gasteiger partial charge in [0.25, 0.3) is 0 Å². The van der Waals surface area contributed by atoms with E-state index in [-0.39, 0.29) is 0 Å². The van der Waals surface area contributed by atoms with Crippen LogP contribution in [-0.4, -0.2) is 48.9 Å². The number of ether oxygens (including phenoxy) is 4. The van der Waals surface area contributed by atoms with Crippen LogP contribution in [0.15, 0.2) is 29.5 Å². The molecule has 2 aliphatic heterocycles. The van der Waals surface area contributed by atoms with E-state index in [4.69, 9.17) is 24.2 Å². The zero-order chi connectivity index (χ0) is 11.8. The summed E-state index contributed by atoms with van der Waals surface area (Å²) in [6, 6.07) is 0. The molecule has 1 aliphatic carbocycles. The Hall–Kier alpha value is -1.21. The summed E-state index contributed by atoms with van der Waals surface area (Å²) in [5, 5.41) is 11.9. The Labute approximate surface area is 98.1 Å². The average Bonchev–Trinajstić information content (AvgIpc) is 2.95. The Morgan fingerprint density at radius 3 is 1.65 bits per heavy atom. The predicted molar refractivity (Wildman–Crippen MR) is 56.8 cm³/mol. The minimum atomic E-state index is -1.09. The van der Waals surface area contributed by atoms with Gasteiger partial charge in [-0.1, -0.05) is 5.16 Å². The number of oxime groups is 1. The second-order valence-corrected chi connectivity index (χ2v) is 3.92. The lowest BCUT2D eigenvalue weighted by Crippen LogP contribution is -2.53. The lowest BCUT2D eigenvalue weighted by atomic mass is 10.1. The Morgan fingerprint density at radius 2 is 1.29 bits per heavy atom. The molecule has 0 unspecified atom stereocenters. The molecule has 2 fully saturated rings. The van der Waals surface area contributed by atoms with Crippen LogP contribution in [0.1, 0.15) is 0 Å². The fraction of sp³-hybridized carbons (Fsp3) is 0.545. The molecule has 0 atom stereocenters. The van der Waals surface area contributed by atoms with Crippen LogP contribution in [0, 0.1) is 0 Å². The number of hydrogen-bond donors (Lipinski definition) is 1. The van der Waals surface area contributed by atoms with Gasteiger partial charge in [0.05, 0.1) is 26.4 Å². The molecule has 0 aromatic heterocycles. The van der Waals surface area contributed by atoms with Gasteiger partial charge in [-0.2, -0.15) is 0 Å². The van der Waals surface area contributed by atoms with Gasteiger partial charge in [-0.25, -0.2) is 0 Å². The van der Waals surface area contributed by atoms with Crippen molar-refractivity contribution in [3.63, 3.8) is 0 Å². The van der Waals surface area contributed by atoms with Crippen LogP contribution >= 0.6 is 0 Å². The molecule has 2 heterocycles. The average molecular weight is 239 g/mol. The predicted octanol–water partition coefficient (Wildman–Crippen LogP) is 0.429. The fourth-order valence-electron chi connectivity index (χ4n) is 2.20. The van der Waals surface area contributed by atoms with Crippen LogP contribution in [0.5, 0.6) is 0 Å². The Kier molecular flexibility index (Phi) is 2.52. The van der Waals surface area contributed by atoms with Crippen molar-refractivity contribution in [2.75, 3.05) is 26.4 Å². The summed E-state index contributed by atoms with van der Waals surface area (Å²) >= 11 is 0. The van der Waals surface area contributed by atoms with Gasteiger partial charge in [-0.3, -0.25) is 0 Å². The molecular formula is C11H13NO5. The van der Waals surface area contributed by atoms with Gasteiger partial charge in [0, 0.05) is 0 Å². The Balaban J connectivity index is 2.06. The van der Waals surface area contributed by atoms with Crippen molar-refractivity contribution in [1.82, 2.24) is 0 Å². The second-order valence-electron chi connectivity index (χ2n) is 3.92. The minimum absolute atomic E-state index is 0.388. The summed E-state index contributed by atoms with van der Waals surface area (Å²) in [6.45, 7) is 1.88. The SMILES string of the molecule is ON=C1C=CC2(OCCO2)C2(C=C1)OCCO2. The van der Waals surface area contributed by atoms with Crippen molar-refractivity contribution in [3.05, 3.63) is 24.3 Å². The third-order valence-corrected chi connectivity index (χ3v) is 2.98. The summed E-state index contributed by atoms with van der Waals surface area (Å²) in [4.78, 5) is 0. The standard InChI is InChI=1S/C11H13NO5/c13-12-9-1-3-10(14-5-6-15-10)11(4-2-9)16-7-8-17-11/h1-4,13H,5-8H2. The molecule has 0 radical (unpaired) electrons. The Morgan fingerprint density at radius 1 is 0.882 bits per heavy atom. The van der Waals surface area contributed by atoms with Crippen molar-refractivity contribution in [3.8, 4) is 0 Å². The zero-order valence-electron chi connectivity index (χ0n) is 9.17. The van der Waals surface area contributed by atoms with Crippen molar-refractivity contribution in [1.29, 1.82) is 0 Å². The first kappa shape index (κ1) is 10.9. The molecule has 6 nitrogen and oxygen atoms in total. The van der Waals surface area contributed by atoms with E-state index in [1.807, 2.05) is 0 Å². The smallest absolute Gasteiger partial charge is 0.248 e. The van der Waals surface area contributed by atoms with Crippen LogP contribution in [-0.2, 0) is 18.9 Å². The molecule has 6 heteroatoms. The van der Waals surface area contributed by atoms with Crippen LogP contribution < -0.4 is 0 Å². The van der Waals surface area contributed by atoms with E-state index in [2.05, 4.69) is 5.16 Å². The number of nitrogens with zero attached hydrogens (tertiary/aromatic N) is 1. The maximum absolute atomic E-state index is 8.80. The first-order valence-electron chi connectivity index (χ1n) is 5.47. The molecule has 0 bridgehead atoms. The van der Waals surface area contributed by atoms with Crippen molar-refractivity contribution in [2.24, 2.45) is 5.16 Å². The van der Waals surface area contributed by atoms with E-state index >= 15 is 0 Å². The van der Waals surface area contributed by atoms with Gasteiger partial charge in [0.1, 0.15) is 5.71 Å². The lowest BCUT2D eigenvalue weighted by Gasteiger charge is -2.37. The van der Waals surface area contributed by atoms with E-state index in [1.165, 1.54) is 0 Å². The van der Waals surface area contributed by atoms with Gasteiger partial charge in [-0.05, 0) is 24.3 Å². The van der Waals surface area contributed by atoms with Crippen LogP contribution in [0.4, 0.5) is 0 Å². The molecule has 92 valence electrons. The molecule has 0 aromatic rings. The molecular weight excluding hydrogens is 226 g/mol. The maximum atomic E-state index is 8.80. The molecule has 3 rings (SSSR count). The van der Waals surface area contributed by atoms with E-state index in [9.17, 15) is 0 Å². The number of fused-ring (bicyclic) bond motifs is 1. The molecule has 0 aromatic carbocycles. The first-order chi connectivity index (χ1) is 8.30. The molecule has 0 amide bonds. The zero-order valence-corrected chi connectivity index (χ0v) is 9.17. The highest BCUT2D eigenvalue weighted by atomic mass is 16.8. The summed E-state index contributed by atoms with van der Waals surface area (Å²) in [5.41, 5.74) is 0.388. The normalized spacial score (nSPS) is 29.1. The number of rotatable bonds is 0. The Bertz CT molecular complexity index is 355. The van der Waals surface area contributed by atoms with Crippen LogP contribution in [0.2, 0.25) is 0 Å². The van der Waals surface area contributed by atoms with E-state index in [0.29, 0.717) is 32.1 Å². The summed E-state index contributed by atoms with van der Waals surface area (Å²) in [5.74, 6) is -2.18. The van der Waals surface area contributed by atoms with Gasteiger partial charge in [0.15, 0.2) is 0 Å². The summed E-state index contributed by atoms with van der Waals surface area (Å²) in [6.07, 6.45) is 6.56. The van der Waals surface area contributed by atoms with Crippen LogP contribution in [0.25, 0.3) is 0 Å². The molecule has 0 saturated carbocycles. The van der Waals surface area contributed by atoms with Gasteiger partial charge < -0.3 is 24.2 Å². The summed E-state index contributed by atoms with van der Waals surface area (Å²) < 4.78 is 22.6. The van der Waals surface area contributed by atoms with Gasteiger partial charge >= 0.3 is 0 Å². The topological polar surface area (TPSA) is 69.5 Å². The maximum Gasteiger partial charge on any atom is 0.248 e. The van der Waals surface area contributed by atoms with Gasteiger partial charge in [-0.15, -0.1) is 0 Å². The quantitative estimate of drug-likeness (QED) is 0.490. The molecule has 1 N–H and O–H groups in total. The van der Waals surface area contributed by atoms with E-state index in [1.54, 1.807) is 24.3 Å². The largest absolute Gasteiger partial charge is 0.410 e. The van der Waals surface area contributed by atoms with E-state index < -0.39 is 11.6 Å².